The van der Waals surface area contributed by atoms with Crippen LogP contribution in [0.4, 0.5) is 13.2 Å². The van der Waals surface area contributed by atoms with Crippen molar-refractivity contribution in [2.45, 2.75) is 58.7 Å². The summed E-state index contributed by atoms with van der Waals surface area (Å²) in [4.78, 5) is 42.9. The van der Waals surface area contributed by atoms with Gasteiger partial charge in [-0.1, -0.05) is 32.8 Å². The van der Waals surface area contributed by atoms with Crippen LogP contribution in [0.15, 0.2) is 65.6 Å². The third kappa shape index (κ3) is 7.48. The highest BCUT2D eigenvalue weighted by atomic mass is 19.4. The number of halogens is 3. The first-order valence-electron chi connectivity index (χ1n) is 15.4. The average Bonchev–Trinajstić information content (AvgIpc) is 3.62. The van der Waals surface area contributed by atoms with Crippen LogP contribution in [0.5, 0.6) is 0 Å². The van der Waals surface area contributed by atoms with Gasteiger partial charge >= 0.3 is 6.18 Å². The van der Waals surface area contributed by atoms with Crippen LogP contribution in [-0.4, -0.2) is 55.5 Å². The topological polar surface area (TPSA) is 118 Å². The zero-order valence-electron chi connectivity index (χ0n) is 27.0. The van der Waals surface area contributed by atoms with E-state index in [2.05, 4.69) is 24.3 Å². The molecule has 2 amide bonds. The van der Waals surface area contributed by atoms with Gasteiger partial charge in [0.1, 0.15) is 17.3 Å². The van der Waals surface area contributed by atoms with Gasteiger partial charge in [0.05, 0.1) is 40.5 Å². The van der Waals surface area contributed by atoms with E-state index in [0.717, 1.165) is 42.5 Å². The molecule has 0 aliphatic heterocycles. The molecule has 2 aromatic carbocycles. The van der Waals surface area contributed by atoms with Crippen LogP contribution in [0.1, 0.15) is 67.9 Å². The molecule has 0 aliphatic rings. The van der Waals surface area contributed by atoms with Crippen molar-refractivity contribution in [3.63, 3.8) is 0 Å². The zero-order valence-corrected chi connectivity index (χ0v) is 27.0. The van der Waals surface area contributed by atoms with Crippen LogP contribution >= 0.6 is 0 Å². The average molecular weight is 650 g/mol. The van der Waals surface area contributed by atoms with Gasteiger partial charge in [-0.2, -0.15) is 23.5 Å². The van der Waals surface area contributed by atoms with Crippen molar-refractivity contribution >= 4 is 11.8 Å². The molecular formula is C34H38F3N7O3. The molecule has 4 aromatic rings. The lowest BCUT2D eigenvalue weighted by atomic mass is 9.97. The summed E-state index contributed by atoms with van der Waals surface area (Å²) in [6.07, 6.45) is 0.658. The van der Waals surface area contributed by atoms with Crippen molar-refractivity contribution in [2.24, 2.45) is 13.0 Å². The zero-order chi connectivity index (χ0) is 34.5. The summed E-state index contributed by atoms with van der Waals surface area (Å²) in [5.74, 6) is -0.898. The second kappa shape index (κ2) is 14.5. The lowest BCUT2D eigenvalue weighted by Gasteiger charge is -2.26. The molecule has 13 heteroatoms. The fourth-order valence-electron chi connectivity index (χ4n) is 5.86. The molecule has 0 unspecified atom stereocenters. The number of hydrogen-bond acceptors (Lipinski definition) is 5. The molecule has 1 atom stereocenters. The van der Waals surface area contributed by atoms with Gasteiger partial charge in [0.25, 0.3) is 11.5 Å². The maximum Gasteiger partial charge on any atom is 0.416 e. The quantitative estimate of drug-likeness (QED) is 0.211. The van der Waals surface area contributed by atoms with Gasteiger partial charge in [0.2, 0.25) is 5.91 Å². The first kappa shape index (κ1) is 34.7. The number of nitriles is 1. The predicted molar refractivity (Wildman–Crippen MR) is 171 cm³/mol. The van der Waals surface area contributed by atoms with Gasteiger partial charge in [-0.25, -0.2) is 9.36 Å². The summed E-state index contributed by atoms with van der Waals surface area (Å²) >= 11 is 0. The van der Waals surface area contributed by atoms with Gasteiger partial charge in [-0.3, -0.25) is 19.1 Å². The number of likely N-dealkylation sites (N-methyl/N-ethyl adjacent to an activating group) is 1. The number of carbonyl (C=O) groups excluding carboxylic acids is 2. The SMILES string of the molecule is CCCC(CCC)CN(C)C(=O)[C@H](C)NC(=O)c1c(-c2ccnn2-c2ccc(C#N)cc2)n(C)n(-c2cccc(C(F)(F)F)c2)c1=O. The van der Waals surface area contributed by atoms with Gasteiger partial charge in [0, 0.05) is 20.6 Å². The molecule has 0 spiro atoms. The van der Waals surface area contributed by atoms with Crippen LogP contribution in [0, 0.1) is 17.2 Å². The van der Waals surface area contributed by atoms with Crippen LogP contribution in [0.25, 0.3) is 22.8 Å². The van der Waals surface area contributed by atoms with Crippen molar-refractivity contribution < 1.29 is 22.8 Å². The van der Waals surface area contributed by atoms with Crippen LogP contribution in [0.3, 0.4) is 0 Å². The standard InChI is InChI=1S/C34H38F3N7O3/c1-6-9-24(10-7-2)21-41(4)32(46)22(3)40-31(45)29-30(28-17-18-39-43(28)26-15-13-23(20-38)14-16-26)42(5)44(33(29)47)27-12-8-11-25(19-27)34(35,36)37/h8,11-19,22,24H,6-7,9-10,21H2,1-5H3,(H,40,45)/t22-/m0/s1. The Morgan fingerprint density at radius 1 is 1.04 bits per heavy atom. The minimum Gasteiger partial charge on any atom is -0.344 e. The summed E-state index contributed by atoms with van der Waals surface area (Å²) in [5.41, 5.74) is -1.08. The monoisotopic (exact) mass is 649 g/mol. The Hall–Kier alpha value is -5.12. The van der Waals surface area contributed by atoms with Gasteiger partial charge in [0.15, 0.2) is 0 Å². The van der Waals surface area contributed by atoms with Gasteiger partial charge < -0.3 is 10.2 Å². The minimum atomic E-state index is -4.67. The molecular weight excluding hydrogens is 611 g/mol. The Labute approximate surface area is 271 Å². The Kier molecular flexibility index (Phi) is 10.7. The van der Waals surface area contributed by atoms with E-state index in [-0.39, 0.29) is 28.5 Å². The number of aromatic nitrogens is 4. The highest BCUT2D eigenvalue weighted by Gasteiger charge is 2.33. The molecule has 47 heavy (non-hydrogen) atoms. The molecule has 10 nitrogen and oxygen atoms in total. The van der Waals surface area contributed by atoms with Crippen LogP contribution in [-0.2, 0) is 18.0 Å². The molecule has 0 fully saturated rings. The summed E-state index contributed by atoms with van der Waals surface area (Å²) in [5, 5.41) is 16.2. The number of benzene rings is 2. The lowest BCUT2D eigenvalue weighted by Crippen LogP contribution is -2.47. The second-order valence-corrected chi connectivity index (χ2v) is 11.6. The maximum atomic E-state index is 14.1. The van der Waals surface area contributed by atoms with Crippen LogP contribution < -0.4 is 10.9 Å². The number of alkyl halides is 3. The summed E-state index contributed by atoms with van der Waals surface area (Å²) in [6.45, 7) is 6.22. The van der Waals surface area contributed by atoms with E-state index in [1.165, 1.54) is 41.7 Å². The number of hydrogen-bond donors (Lipinski definition) is 1. The van der Waals surface area contributed by atoms with Crippen molar-refractivity contribution in [3.05, 3.63) is 87.8 Å². The van der Waals surface area contributed by atoms with E-state index in [1.54, 1.807) is 42.3 Å². The molecule has 0 saturated heterocycles. The van der Waals surface area contributed by atoms with Crippen molar-refractivity contribution in [3.8, 4) is 28.8 Å². The molecule has 248 valence electrons. The highest BCUT2D eigenvalue weighted by molar-refractivity contribution is 6.02. The molecule has 2 aromatic heterocycles. The number of nitrogens with one attached hydrogen (secondary N) is 1. The molecule has 0 saturated carbocycles. The summed E-state index contributed by atoms with van der Waals surface area (Å²) in [7, 11) is 3.13. The Bertz CT molecular complexity index is 1820. The summed E-state index contributed by atoms with van der Waals surface area (Å²) < 4.78 is 44.6. The number of nitrogens with zero attached hydrogens (tertiary/aromatic N) is 6. The third-order valence-corrected chi connectivity index (χ3v) is 8.06. The maximum absolute atomic E-state index is 14.1. The van der Waals surface area contributed by atoms with Crippen molar-refractivity contribution in [1.29, 1.82) is 5.26 Å². The number of carbonyl (C=O) groups is 2. The number of amides is 2. The molecule has 4 rings (SSSR count). The predicted octanol–water partition coefficient (Wildman–Crippen LogP) is 5.71. The third-order valence-electron chi connectivity index (χ3n) is 8.06. The van der Waals surface area contributed by atoms with Crippen molar-refractivity contribution in [2.75, 3.05) is 13.6 Å². The Balaban J connectivity index is 1.81. The molecule has 0 radical (unpaired) electrons. The molecule has 1 N–H and O–H groups in total. The van der Waals surface area contributed by atoms with Crippen LogP contribution in [0.2, 0.25) is 0 Å². The lowest BCUT2D eigenvalue weighted by molar-refractivity contribution is -0.137. The molecule has 0 bridgehead atoms. The second-order valence-electron chi connectivity index (χ2n) is 11.6. The first-order chi connectivity index (χ1) is 22.3. The fraction of sp³-hybridized carbons (Fsp3) is 0.382. The van der Waals surface area contributed by atoms with E-state index in [9.17, 15) is 32.8 Å². The minimum absolute atomic E-state index is 0.0609. The first-order valence-corrected chi connectivity index (χ1v) is 15.4. The van der Waals surface area contributed by atoms with E-state index in [4.69, 9.17) is 0 Å². The molecule has 2 heterocycles. The van der Waals surface area contributed by atoms with Gasteiger partial charge in [-0.15, -0.1) is 0 Å². The summed E-state index contributed by atoms with van der Waals surface area (Å²) in [6, 6.07) is 13.3. The highest BCUT2D eigenvalue weighted by Crippen LogP contribution is 2.31. The van der Waals surface area contributed by atoms with Crippen molar-refractivity contribution in [1.82, 2.24) is 29.4 Å². The fourth-order valence-corrected chi connectivity index (χ4v) is 5.86. The Morgan fingerprint density at radius 3 is 2.30 bits per heavy atom. The Morgan fingerprint density at radius 2 is 1.70 bits per heavy atom. The van der Waals surface area contributed by atoms with E-state index in [0.29, 0.717) is 23.7 Å². The largest absolute Gasteiger partial charge is 0.416 e. The van der Waals surface area contributed by atoms with E-state index >= 15 is 0 Å². The normalized spacial score (nSPS) is 12.2. The smallest absolute Gasteiger partial charge is 0.344 e. The van der Waals surface area contributed by atoms with E-state index in [1.807, 2.05) is 6.07 Å². The van der Waals surface area contributed by atoms with E-state index < -0.39 is 29.2 Å². The van der Waals surface area contributed by atoms with Gasteiger partial charge in [-0.05, 0) is 74.2 Å². The molecule has 0 aliphatic carbocycles. The number of rotatable bonds is 12.